The van der Waals surface area contributed by atoms with Crippen molar-refractivity contribution in [3.63, 3.8) is 0 Å². The molecule has 0 aliphatic carbocycles. The molecule has 0 amide bonds. The fraction of sp³-hybridized carbons (Fsp3) is 0.615. The molecule has 1 rings (SSSR count). The van der Waals surface area contributed by atoms with Gasteiger partial charge in [-0.3, -0.25) is 0 Å². The van der Waals surface area contributed by atoms with Crippen LogP contribution in [0, 0.1) is 0 Å². The molecule has 2 nitrogen and oxygen atoms in total. The largest absolute Gasteiger partial charge is 0.314 e. The first kappa shape index (κ1) is 13.5. The van der Waals surface area contributed by atoms with Crippen LogP contribution in [0.25, 0.3) is 0 Å². The smallest absolute Gasteiger partial charge is 0.0962 e. The van der Waals surface area contributed by atoms with Gasteiger partial charge in [0.05, 0.1) is 5.03 Å². The Kier molecular flexibility index (Phi) is 6.50. The predicted octanol–water partition coefficient (Wildman–Crippen LogP) is 3.34. The predicted molar refractivity (Wildman–Crippen MR) is 71.9 cm³/mol. The van der Waals surface area contributed by atoms with Crippen LogP contribution in [0.2, 0.25) is 0 Å². The molecule has 1 aromatic rings. The van der Waals surface area contributed by atoms with Crippen molar-refractivity contribution in [1.29, 1.82) is 0 Å². The van der Waals surface area contributed by atoms with Crippen LogP contribution < -0.4 is 5.32 Å². The van der Waals surface area contributed by atoms with Crippen LogP contribution in [0.3, 0.4) is 0 Å². The highest BCUT2D eigenvalue weighted by Crippen LogP contribution is 2.23. The van der Waals surface area contributed by atoms with Gasteiger partial charge in [0.1, 0.15) is 0 Å². The van der Waals surface area contributed by atoms with Crippen molar-refractivity contribution in [2.45, 2.75) is 49.9 Å². The Balaban J connectivity index is 2.27. The molecule has 2 atom stereocenters. The van der Waals surface area contributed by atoms with Gasteiger partial charge in [-0.05, 0) is 38.4 Å². The zero-order chi connectivity index (χ0) is 11.8. The minimum atomic E-state index is 0.589. The lowest BCUT2D eigenvalue weighted by molar-refractivity contribution is 0.513. The Morgan fingerprint density at radius 3 is 2.81 bits per heavy atom. The minimum absolute atomic E-state index is 0.589. The Hall–Kier alpha value is -0.540. The second kappa shape index (κ2) is 7.69. The van der Waals surface area contributed by atoms with Gasteiger partial charge in [-0.2, -0.15) is 0 Å². The van der Waals surface area contributed by atoms with Gasteiger partial charge in [0.2, 0.25) is 0 Å². The number of thioether (sulfide) groups is 1. The highest BCUT2D eigenvalue weighted by atomic mass is 32.2. The molecule has 0 aliphatic heterocycles. The van der Waals surface area contributed by atoms with E-state index < -0.39 is 0 Å². The van der Waals surface area contributed by atoms with Crippen molar-refractivity contribution in [2.24, 2.45) is 0 Å². The van der Waals surface area contributed by atoms with E-state index in [0.717, 1.165) is 11.6 Å². The molecule has 0 aromatic carbocycles. The molecule has 2 unspecified atom stereocenters. The third-order valence-corrected chi connectivity index (χ3v) is 3.47. The van der Waals surface area contributed by atoms with Crippen LogP contribution in [0.4, 0.5) is 0 Å². The van der Waals surface area contributed by atoms with E-state index in [4.69, 9.17) is 0 Å². The Morgan fingerprint density at radius 2 is 2.19 bits per heavy atom. The second-order valence-electron chi connectivity index (χ2n) is 4.19. The maximum atomic E-state index is 4.33. The van der Waals surface area contributed by atoms with Gasteiger partial charge in [0.15, 0.2) is 0 Å². The van der Waals surface area contributed by atoms with Crippen LogP contribution in [0.1, 0.15) is 33.6 Å². The van der Waals surface area contributed by atoms with E-state index in [-0.39, 0.29) is 0 Å². The molecule has 1 heterocycles. The number of hydrogen-bond acceptors (Lipinski definition) is 3. The fourth-order valence-electron chi connectivity index (χ4n) is 1.64. The van der Waals surface area contributed by atoms with Gasteiger partial charge in [0.25, 0.3) is 0 Å². The molecule has 3 heteroatoms. The van der Waals surface area contributed by atoms with Crippen LogP contribution in [0.15, 0.2) is 29.4 Å². The quantitative estimate of drug-likeness (QED) is 0.737. The first-order valence-electron chi connectivity index (χ1n) is 6.03. The summed E-state index contributed by atoms with van der Waals surface area (Å²) in [4.78, 5) is 4.33. The SMILES string of the molecule is CCCNC(C)CC(C)Sc1ccccn1. The fourth-order valence-corrected chi connectivity index (χ4v) is 2.72. The summed E-state index contributed by atoms with van der Waals surface area (Å²) in [5.74, 6) is 0. The number of rotatable bonds is 7. The molecule has 1 N–H and O–H groups in total. The van der Waals surface area contributed by atoms with Crippen LogP contribution in [-0.2, 0) is 0 Å². The van der Waals surface area contributed by atoms with Crippen molar-refractivity contribution in [3.8, 4) is 0 Å². The maximum Gasteiger partial charge on any atom is 0.0962 e. The number of hydrogen-bond donors (Lipinski definition) is 1. The molecule has 1 aromatic heterocycles. The summed E-state index contributed by atoms with van der Waals surface area (Å²) in [6.45, 7) is 7.84. The molecule has 0 spiro atoms. The lowest BCUT2D eigenvalue weighted by Gasteiger charge is -2.17. The minimum Gasteiger partial charge on any atom is -0.314 e. The van der Waals surface area contributed by atoms with E-state index in [1.807, 2.05) is 30.1 Å². The molecule has 16 heavy (non-hydrogen) atoms. The van der Waals surface area contributed by atoms with Crippen LogP contribution >= 0.6 is 11.8 Å². The summed E-state index contributed by atoms with van der Waals surface area (Å²) >= 11 is 1.85. The maximum absolute atomic E-state index is 4.33. The van der Waals surface area contributed by atoms with Gasteiger partial charge in [-0.1, -0.05) is 19.9 Å². The van der Waals surface area contributed by atoms with Crippen molar-refractivity contribution in [2.75, 3.05) is 6.54 Å². The van der Waals surface area contributed by atoms with Crippen molar-refractivity contribution < 1.29 is 0 Å². The van der Waals surface area contributed by atoms with E-state index in [0.29, 0.717) is 11.3 Å². The van der Waals surface area contributed by atoms with Gasteiger partial charge in [0, 0.05) is 17.5 Å². The molecular formula is C13H22N2S. The Morgan fingerprint density at radius 1 is 1.38 bits per heavy atom. The zero-order valence-electron chi connectivity index (χ0n) is 10.4. The van der Waals surface area contributed by atoms with Gasteiger partial charge in [-0.15, -0.1) is 11.8 Å². The summed E-state index contributed by atoms with van der Waals surface area (Å²) in [6, 6.07) is 6.66. The van der Waals surface area contributed by atoms with Gasteiger partial charge in [-0.25, -0.2) is 4.98 Å². The van der Waals surface area contributed by atoms with Crippen molar-refractivity contribution >= 4 is 11.8 Å². The monoisotopic (exact) mass is 238 g/mol. The van der Waals surface area contributed by atoms with Crippen LogP contribution in [0.5, 0.6) is 0 Å². The van der Waals surface area contributed by atoms with Gasteiger partial charge >= 0.3 is 0 Å². The summed E-state index contributed by atoms with van der Waals surface area (Å²) in [5.41, 5.74) is 0. The third-order valence-electron chi connectivity index (χ3n) is 2.39. The topological polar surface area (TPSA) is 24.9 Å². The van der Waals surface area contributed by atoms with Crippen LogP contribution in [-0.4, -0.2) is 22.8 Å². The van der Waals surface area contributed by atoms with E-state index in [9.17, 15) is 0 Å². The zero-order valence-corrected chi connectivity index (χ0v) is 11.3. The van der Waals surface area contributed by atoms with Crippen molar-refractivity contribution in [1.82, 2.24) is 10.3 Å². The van der Waals surface area contributed by atoms with Crippen molar-refractivity contribution in [3.05, 3.63) is 24.4 Å². The summed E-state index contributed by atoms with van der Waals surface area (Å²) < 4.78 is 0. The third kappa shape index (κ3) is 5.52. The van der Waals surface area contributed by atoms with E-state index in [1.54, 1.807) is 0 Å². The molecule has 0 saturated carbocycles. The molecular weight excluding hydrogens is 216 g/mol. The summed E-state index contributed by atoms with van der Waals surface area (Å²) in [5, 5.41) is 5.24. The Bertz CT molecular complexity index is 277. The standard InChI is InChI=1S/C13H22N2S/c1-4-8-14-11(2)10-12(3)16-13-7-5-6-9-15-13/h5-7,9,11-12,14H,4,8,10H2,1-3H3. The molecule has 0 saturated heterocycles. The summed E-state index contributed by atoms with van der Waals surface area (Å²) in [7, 11) is 0. The Labute approximate surface area is 103 Å². The highest BCUT2D eigenvalue weighted by Gasteiger charge is 2.09. The lowest BCUT2D eigenvalue weighted by atomic mass is 10.2. The number of pyridine rings is 1. The average Bonchev–Trinajstić information content (AvgIpc) is 2.27. The number of aromatic nitrogens is 1. The molecule has 90 valence electrons. The summed E-state index contributed by atoms with van der Waals surface area (Å²) in [6.07, 6.45) is 4.24. The molecule has 0 bridgehead atoms. The lowest BCUT2D eigenvalue weighted by Crippen LogP contribution is -2.29. The average molecular weight is 238 g/mol. The second-order valence-corrected chi connectivity index (χ2v) is 5.65. The van der Waals surface area contributed by atoms with Gasteiger partial charge < -0.3 is 5.32 Å². The first-order valence-corrected chi connectivity index (χ1v) is 6.91. The normalized spacial score (nSPS) is 14.7. The van der Waals surface area contributed by atoms with E-state index >= 15 is 0 Å². The number of nitrogens with one attached hydrogen (secondary N) is 1. The highest BCUT2D eigenvalue weighted by molar-refractivity contribution is 7.99. The van der Waals surface area contributed by atoms with E-state index in [2.05, 4.69) is 37.1 Å². The molecule has 0 aliphatic rings. The molecule has 0 fully saturated rings. The molecule has 0 radical (unpaired) electrons. The van der Waals surface area contributed by atoms with E-state index in [1.165, 1.54) is 12.8 Å². The first-order chi connectivity index (χ1) is 7.72. The number of nitrogens with zero attached hydrogens (tertiary/aromatic N) is 1.